The Morgan fingerprint density at radius 2 is 2.16 bits per heavy atom. The van der Waals surface area contributed by atoms with Gasteiger partial charge in [-0.3, -0.25) is 9.58 Å². The highest BCUT2D eigenvalue weighted by atomic mass is 32.2. The second-order valence-electron chi connectivity index (χ2n) is 6.64. The van der Waals surface area contributed by atoms with Crippen LogP contribution < -0.4 is 4.72 Å². The highest BCUT2D eigenvalue weighted by molar-refractivity contribution is 7.89. The smallest absolute Gasteiger partial charge is 0.211 e. The summed E-state index contributed by atoms with van der Waals surface area (Å²) in [5.41, 5.74) is 1.18. The van der Waals surface area contributed by atoms with Crippen LogP contribution in [0.4, 0.5) is 0 Å². The van der Waals surface area contributed by atoms with Crippen LogP contribution in [0.25, 0.3) is 0 Å². The van der Waals surface area contributed by atoms with Gasteiger partial charge in [-0.05, 0) is 44.4 Å². The van der Waals surface area contributed by atoms with Gasteiger partial charge in [0, 0.05) is 32.4 Å². The van der Waals surface area contributed by atoms with E-state index >= 15 is 0 Å². The molecule has 0 saturated carbocycles. The van der Waals surface area contributed by atoms with E-state index in [1.807, 2.05) is 36.0 Å². The second kappa shape index (κ2) is 7.72. The minimum atomic E-state index is -3.14. The van der Waals surface area contributed by atoms with E-state index in [9.17, 15) is 8.42 Å². The Balaban J connectivity index is 1.66. The molecule has 2 aromatic rings. The van der Waals surface area contributed by atoms with Gasteiger partial charge in [-0.15, -0.1) is 0 Å². The molecule has 0 spiro atoms. The van der Waals surface area contributed by atoms with Gasteiger partial charge in [-0.1, -0.05) is 0 Å². The Bertz CT molecular complexity index is 796. The molecule has 1 aliphatic heterocycles. The van der Waals surface area contributed by atoms with Crippen LogP contribution in [-0.2, 0) is 29.7 Å². The van der Waals surface area contributed by atoms with Crippen LogP contribution in [0.3, 0.4) is 0 Å². The summed E-state index contributed by atoms with van der Waals surface area (Å²) < 4.78 is 33.7. The SMILES string of the molecule is CCS(=O)(=O)NCC[C@H]1CN(Cc2ccc(C)o2)Cc2ccnn2C1. The van der Waals surface area contributed by atoms with Crippen LogP contribution in [0.5, 0.6) is 0 Å². The third-order valence-electron chi connectivity index (χ3n) is 4.57. The number of aryl methyl sites for hydroxylation is 1. The third kappa shape index (κ3) is 4.93. The zero-order valence-electron chi connectivity index (χ0n) is 14.8. The van der Waals surface area contributed by atoms with Crippen molar-refractivity contribution in [3.63, 3.8) is 0 Å². The maximum Gasteiger partial charge on any atom is 0.211 e. The Hall–Kier alpha value is -1.64. The lowest BCUT2D eigenvalue weighted by molar-refractivity contribution is 0.200. The van der Waals surface area contributed by atoms with E-state index in [1.165, 1.54) is 5.69 Å². The van der Waals surface area contributed by atoms with Gasteiger partial charge >= 0.3 is 0 Å². The van der Waals surface area contributed by atoms with Crippen LogP contribution >= 0.6 is 0 Å². The Labute approximate surface area is 149 Å². The van der Waals surface area contributed by atoms with Gasteiger partial charge in [0.25, 0.3) is 0 Å². The number of furan rings is 1. The van der Waals surface area contributed by atoms with Crippen LogP contribution in [0.15, 0.2) is 28.8 Å². The first-order valence-corrected chi connectivity index (χ1v) is 10.4. The van der Waals surface area contributed by atoms with Crippen molar-refractivity contribution >= 4 is 10.0 Å². The molecular formula is C17H26N4O3S. The lowest BCUT2D eigenvalue weighted by atomic mass is 10.1. The van der Waals surface area contributed by atoms with Crippen molar-refractivity contribution in [2.45, 2.75) is 39.9 Å². The lowest BCUT2D eigenvalue weighted by Crippen LogP contribution is -2.32. The number of nitrogens with zero attached hydrogens (tertiary/aromatic N) is 3. The standard InChI is InChI=1S/C17H26N4O3S/c1-3-25(22,23)19-9-6-15-10-20(13-17-5-4-14(2)24-17)12-16-7-8-18-21(16)11-15/h4-5,7-8,15,19H,3,6,9-13H2,1-2H3/t15-/m0/s1. The fraction of sp³-hybridized carbons (Fsp3) is 0.588. The third-order valence-corrected chi connectivity index (χ3v) is 5.97. The number of rotatable bonds is 7. The number of hydrogen-bond acceptors (Lipinski definition) is 5. The lowest BCUT2D eigenvalue weighted by Gasteiger charge is -2.23. The van der Waals surface area contributed by atoms with Crippen molar-refractivity contribution < 1.29 is 12.8 Å². The molecule has 8 heteroatoms. The molecule has 0 bridgehead atoms. The quantitative estimate of drug-likeness (QED) is 0.807. The van der Waals surface area contributed by atoms with E-state index in [0.29, 0.717) is 12.5 Å². The fourth-order valence-corrected chi connectivity index (χ4v) is 3.87. The average Bonchev–Trinajstić information content (AvgIpc) is 3.12. The number of hydrogen-bond donors (Lipinski definition) is 1. The summed E-state index contributed by atoms with van der Waals surface area (Å²) in [4.78, 5) is 2.35. The van der Waals surface area contributed by atoms with Gasteiger partial charge in [0.1, 0.15) is 11.5 Å². The van der Waals surface area contributed by atoms with E-state index < -0.39 is 10.0 Å². The van der Waals surface area contributed by atoms with Gasteiger partial charge in [0.05, 0.1) is 18.0 Å². The summed E-state index contributed by atoms with van der Waals surface area (Å²) in [5.74, 6) is 2.32. The Kier molecular flexibility index (Phi) is 5.61. The fourth-order valence-electron chi connectivity index (χ4n) is 3.23. The first-order valence-electron chi connectivity index (χ1n) is 8.71. The average molecular weight is 366 g/mol. The predicted molar refractivity (Wildman–Crippen MR) is 95.4 cm³/mol. The van der Waals surface area contributed by atoms with Crippen LogP contribution in [0, 0.1) is 12.8 Å². The molecule has 7 nitrogen and oxygen atoms in total. The molecule has 0 unspecified atom stereocenters. The molecule has 0 aliphatic carbocycles. The van der Waals surface area contributed by atoms with Crippen molar-refractivity contribution in [2.24, 2.45) is 5.92 Å². The van der Waals surface area contributed by atoms with Crippen LogP contribution in [0.2, 0.25) is 0 Å². The number of fused-ring (bicyclic) bond motifs is 1. The van der Waals surface area contributed by atoms with Crippen molar-refractivity contribution in [3.05, 3.63) is 41.6 Å². The summed E-state index contributed by atoms with van der Waals surface area (Å²) >= 11 is 0. The highest BCUT2D eigenvalue weighted by Gasteiger charge is 2.23. The molecule has 3 heterocycles. The van der Waals surface area contributed by atoms with Gasteiger partial charge in [0.15, 0.2) is 0 Å². The minimum absolute atomic E-state index is 0.116. The largest absolute Gasteiger partial charge is 0.465 e. The van der Waals surface area contributed by atoms with Gasteiger partial charge in [-0.25, -0.2) is 13.1 Å². The van der Waals surface area contributed by atoms with E-state index in [0.717, 1.165) is 44.1 Å². The first-order chi connectivity index (χ1) is 11.9. The molecule has 1 aliphatic rings. The molecule has 0 radical (unpaired) electrons. The number of aromatic nitrogens is 2. The molecule has 2 aromatic heterocycles. The summed E-state index contributed by atoms with van der Waals surface area (Å²) in [7, 11) is -3.14. The molecule has 0 amide bonds. The zero-order chi connectivity index (χ0) is 17.9. The maximum atomic E-state index is 11.6. The summed E-state index contributed by atoms with van der Waals surface area (Å²) in [6.45, 7) is 7.32. The highest BCUT2D eigenvalue weighted by Crippen LogP contribution is 2.20. The van der Waals surface area contributed by atoms with Gasteiger partial charge in [-0.2, -0.15) is 5.10 Å². The Morgan fingerprint density at radius 3 is 2.88 bits per heavy atom. The molecule has 0 saturated heterocycles. The van der Waals surface area contributed by atoms with Crippen molar-refractivity contribution in [2.75, 3.05) is 18.8 Å². The number of nitrogens with one attached hydrogen (secondary N) is 1. The molecule has 0 fully saturated rings. The second-order valence-corrected chi connectivity index (χ2v) is 8.73. The van der Waals surface area contributed by atoms with E-state index in [-0.39, 0.29) is 5.75 Å². The maximum absolute atomic E-state index is 11.6. The van der Waals surface area contributed by atoms with Crippen molar-refractivity contribution in [1.82, 2.24) is 19.4 Å². The van der Waals surface area contributed by atoms with E-state index in [2.05, 4.69) is 14.7 Å². The first kappa shape index (κ1) is 18.2. The molecule has 0 aromatic carbocycles. The van der Waals surface area contributed by atoms with E-state index in [1.54, 1.807) is 6.92 Å². The normalized spacial score (nSPS) is 18.9. The summed E-state index contributed by atoms with van der Waals surface area (Å²) in [6.07, 6.45) is 2.61. The summed E-state index contributed by atoms with van der Waals surface area (Å²) in [6, 6.07) is 6.04. The molecule has 1 atom stereocenters. The van der Waals surface area contributed by atoms with Gasteiger partial charge < -0.3 is 4.42 Å². The Morgan fingerprint density at radius 1 is 1.32 bits per heavy atom. The van der Waals surface area contributed by atoms with Crippen molar-refractivity contribution in [1.29, 1.82) is 0 Å². The zero-order valence-corrected chi connectivity index (χ0v) is 15.6. The van der Waals surface area contributed by atoms with Crippen LogP contribution in [0.1, 0.15) is 30.6 Å². The van der Waals surface area contributed by atoms with Gasteiger partial charge in [0.2, 0.25) is 10.0 Å². The summed E-state index contributed by atoms with van der Waals surface area (Å²) in [5, 5.41) is 4.41. The number of sulfonamides is 1. The monoisotopic (exact) mass is 366 g/mol. The molecular weight excluding hydrogens is 340 g/mol. The molecule has 1 N–H and O–H groups in total. The predicted octanol–water partition coefficient (Wildman–Crippen LogP) is 1.75. The topological polar surface area (TPSA) is 80.4 Å². The van der Waals surface area contributed by atoms with Crippen LogP contribution in [-0.4, -0.2) is 41.9 Å². The molecule has 3 rings (SSSR count). The van der Waals surface area contributed by atoms with E-state index in [4.69, 9.17) is 4.42 Å². The molecule has 138 valence electrons. The minimum Gasteiger partial charge on any atom is -0.465 e. The molecule has 25 heavy (non-hydrogen) atoms. The van der Waals surface area contributed by atoms with Crippen molar-refractivity contribution in [3.8, 4) is 0 Å².